The van der Waals surface area contributed by atoms with Gasteiger partial charge in [0, 0.05) is 25.5 Å². The van der Waals surface area contributed by atoms with E-state index in [1.165, 1.54) is 6.42 Å². The van der Waals surface area contributed by atoms with Gasteiger partial charge in [0.25, 0.3) is 5.88 Å². The van der Waals surface area contributed by atoms with Crippen molar-refractivity contribution in [2.75, 3.05) is 29.5 Å². The molecule has 3 rings (SSSR count). The quantitative estimate of drug-likeness (QED) is 0.837. The molecule has 1 saturated heterocycles. The third-order valence-corrected chi connectivity index (χ3v) is 5.90. The lowest BCUT2D eigenvalue weighted by molar-refractivity contribution is 0.114. The zero-order valence-electron chi connectivity index (χ0n) is 12.2. The van der Waals surface area contributed by atoms with Gasteiger partial charge in [0.1, 0.15) is 6.10 Å². The fourth-order valence-corrected chi connectivity index (χ4v) is 4.38. The molecule has 1 saturated carbocycles. The molecule has 1 aromatic heterocycles. The zero-order valence-corrected chi connectivity index (χ0v) is 13.1. The molecule has 6 nitrogen and oxygen atoms in total. The van der Waals surface area contributed by atoms with E-state index >= 15 is 0 Å². The van der Waals surface area contributed by atoms with E-state index in [1.807, 2.05) is 11.8 Å². The smallest absolute Gasteiger partial charge is 0.257 e. The number of rotatable bonds is 3. The predicted molar refractivity (Wildman–Crippen MR) is 80.3 cm³/mol. The van der Waals surface area contributed by atoms with Gasteiger partial charge in [0.15, 0.2) is 15.7 Å². The van der Waals surface area contributed by atoms with E-state index in [1.54, 1.807) is 12.4 Å². The summed E-state index contributed by atoms with van der Waals surface area (Å²) in [6, 6.07) is 0. The molecule has 1 aliphatic heterocycles. The van der Waals surface area contributed by atoms with Gasteiger partial charge >= 0.3 is 0 Å². The predicted octanol–water partition coefficient (Wildman–Crippen LogP) is 1.28. The van der Waals surface area contributed by atoms with Gasteiger partial charge in [-0.15, -0.1) is 0 Å². The number of nitrogens with zero attached hydrogens (tertiary/aromatic N) is 3. The van der Waals surface area contributed by atoms with Crippen molar-refractivity contribution in [2.45, 2.75) is 32.3 Å². The van der Waals surface area contributed by atoms with Crippen molar-refractivity contribution in [3.05, 3.63) is 12.4 Å². The first-order valence-corrected chi connectivity index (χ1v) is 9.29. The first kappa shape index (κ1) is 14.6. The molecule has 0 spiro atoms. The summed E-state index contributed by atoms with van der Waals surface area (Å²) >= 11 is 0. The van der Waals surface area contributed by atoms with Crippen molar-refractivity contribution >= 4 is 15.7 Å². The van der Waals surface area contributed by atoms with E-state index in [0.29, 0.717) is 24.8 Å². The van der Waals surface area contributed by atoms with Crippen LogP contribution in [0.3, 0.4) is 0 Å². The Morgan fingerprint density at radius 3 is 2.76 bits per heavy atom. The lowest BCUT2D eigenvalue weighted by Crippen LogP contribution is -2.32. The van der Waals surface area contributed by atoms with Crippen LogP contribution in [0.25, 0.3) is 0 Å². The van der Waals surface area contributed by atoms with E-state index in [4.69, 9.17) is 4.74 Å². The van der Waals surface area contributed by atoms with Gasteiger partial charge in [-0.05, 0) is 25.2 Å². The van der Waals surface area contributed by atoms with Gasteiger partial charge in [0.05, 0.1) is 11.5 Å². The Hall–Kier alpha value is -1.37. The summed E-state index contributed by atoms with van der Waals surface area (Å²) in [5, 5.41) is 0. The topological polar surface area (TPSA) is 72.4 Å². The molecule has 0 aromatic carbocycles. The molecule has 1 unspecified atom stereocenters. The van der Waals surface area contributed by atoms with Crippen LogP contribution in [0.1, 0.15) is 26.2 Å². The molecule has 2 heterocycles. The average molecular weight is 311 g/mol. The van der Waals surface area contributed by atoms with Crippen molar-refractivity contribution in [3.8, 4) is 5.88 Å². The van der Waals surface area contributed by atoms with Gasteiger partial charge in [0.2, 0.25) is 0 Å². The zero-order chi connectivity index (χ0) is 14.9. The van der Waals surface area contributed by atoms with Crippen LogP contribution in [0.4, 0.5) is 5.82 Å². The highest BCUT2D eigenvalue weighted by Crippen LogP contribution is 2.30. The summed E-state index contributed by atoms with van der Waals surface area (Å²) in [7, 11) is -2.97. The lowest BCUT2D eigenvalue weighted by Gasteiger charge is -2.29. The Bertz CT molecular complexity index is 601. The van der Waals surface area contributed by atoms with E-state index < -0.39 is 9.84 Å². The summed E-state index contributed by atoms with van der Waals surface area (Å²) in [5.74, 6) is 1.69. The van der Waals surface area contributed by atoms with E-state index in [0.717, 1.165) is 12.8 Å². The molecule has 0 amide bonds. The van der Waals surface area contributed by atoms with Gasteiger partial charge in [-0.3, -0.25) is 0 Å². The van der Waals surface area contributed by atoms with Crippen LogP contribution in [0.5, 0.6) is 5.88 Å². The van der Waals surface area contributed by atoms with E-state index in [2.05, 4.69) is 9.97 Å². The third kappa shape index (κ3) is 3.45. The average Bonchev–Trinajstić information content (AvgIpc) is 2.52. The van der Waals surface area contributed by atoms with Gasteiger partial charge in [-0.2, -0.15) is 0 Å². The maximum Gasteiger partial charge on any atom is 0.257 e. The highest BCUT2D eigenvalue weighted by atomic mass is 32.2. The number of sulfone groups is 1. The molecule has 0 radical (unpaired) electrons. The number of anilines is 1. The minimum Gasteiger partial charge on any atom is -0.472 e. The Labute approximate surface area is 125 Å². The largest absolute Gasteiger partial charge is 0.472 e. The fourth-order valence-electron chi connectivity index (χ4n) is 2.74. The van der Waals surface area contributed by atoms with Gasteiger partial charge in [-0.25, -0.2) is 18.4 Å². The molecule has 7 heteroatoms. The maximum absolute atomic E-state index is 11.9. The summed E-state index contributed by atoms with van der Waals surface area (Å²) in [6.07, 6.45) is 6.79. The van der Waals surface area contributed by atoms with Crippen LogP contribution in [-0.2, 0) is 9.84 Å². The van der Waals surface area contributed by atoms with E-state index in [-0.39, 0.29) is 23.5 Å². The lowest BCUT2D eigenvalue weighted by atomic mass is 9.96. The molecule has 116 valence electrons. The summed E-state index contributed by atoms with van der Waals surface area (Å²) in [5.41, 5.74) is 0. The van der Waals surface area contributed by atoms with Crippen LogP contribution in [0, 0.1) is 5.92 Å². The minimum atomic E-state index is -2.97. The van der Waals surface area contributed by atoms with Crippen molar-refractivity contribution in [3.63, 3.8) is 0 Å². The molecule has 1 aromatic rings. The monoisotopic (exact) mass is 311 g/mol. The molecule has 2 aliphatic rings. The van der Waals surface area contributed by atoms with Crippen molar-refractivity contribution in [1.29, 1.82) is 0 Å². The molecule has 1 atom stereocenters. The Morgan fingerprint density at radius 1 is 1.29 bits per heavy atom. The van der Waals surface area contributed by atoms with Crippen molar-refractivity contribution < 1.29 is 13.2 Å². The number of hydrogen-bond donors (Lipinski definition) is 0. The highest BCUT2D eigenvalue weighted by molar-refractivity contribution is 7.91. The van der Waals surface area contributed by atoms with Gasteiger partial charge < -0.3 is 9.64 Å². The summed E-state index contributed by atoms with van der Waals surface area (Å²) < 4.78 is 29.7. The maximum atomic E-state index is 11.9. The highest BCUT2D eigenvalue weighted by Gasteiger charge is 2.28. The van der Waals surface area contributed by atoms with Crippen molar-refractivity contribution in [1.82, 2.24) is 9.97 Å². The van der Waals surface area contributed by atoms with Crippen LogP contribution < -0.4 is 9.64 Å². The van der Waals surface area contributed by atoms with Crippen molar-refractivity contribution in [2.24, 2.45) is 5.92 Å². The molecule has 0 N–H and O–H groups in total. The molecule has 21 heavy (non-hydrogen) atoms. The van der Waals surface area contributed by atoms with Crippen LogP contribution in [0.2, 0.25) is 0 Å². The van der Waals surface area contributed by atoms with Crippen LogP contribution >= 0.6 is 0 Å². The molecule has 0 bridgehead atoms. The van der Waals surface area contributed by atoms with E-state index in [9.17, 15) is 8.42 Å². The van der Waals surface area contributed by atoms with Gasteiger partial charge in [-0.1, -0.05) is 6.92 Å². The molecular formula is C14H21N3O3S. The summed E-state index contributed by atoms with van der Waals surface area (Å²) in [6.45, 7) is 3.07. The molecule has 2 fully saturated rings. The summed E-state index contributed by atoms with van der Waals surface area (Å²) in [4.78, 5) is 10.7. The molecule has 1 aliphatic carbocycles. The number of hydrogen-bond acceptors (Lipinski definition) is 6. The SMILES string of the molecule is CC1CN(c2nccnc2OC2CCC2)CCS(=O)(=O)C1. The first-order valence-electron chi connectivity index (χ1n) is 7.46. The van der Waals surface area contributed by atoms with Crippen LogP contribution in [-0.4, -0.2) is 49.1 Å². The standard InChI is InChI=1S/C14H21N3O3S/c1-11-9-17(7-8-21(18,19)10-11)13-14(16-6-5-15-13)20-12-3-2-4-12/h5-6,11-12H,2-4,7-10H2,1H3. The Balaban J connectivity index is 1.81. The number of aromatic nitrogens is 2. The normalized spacial score (nSPS) is 26.0. The Morgan fingerprint density at radius 2 is 2.05 bits per heavy atom. The third-order valence-electron chi connectivity index (χ3n) is 4.02. The molecular weight excluding hydrogens is 290 g/mol. The van der Waals surface area contributed by atoms with Crippen LogP contribution in [0.15, 0.2) is 12.4 Å². The second-order valence-electron chi connectivity index (χ2n) is 6.02. The Kier molecular flexibility index (Phi) is 4.01. The number of ether oxygens (including phenoxy) is 1. The minimum absolute atomic E-state index is 0.0797. The second kappa shape index (κ2) is 5.79. The first-order chi connectivity index (χ1) is 10.0. The fraction of sp³-hybridized carbons (Fsp3) is 0.714. The second-order valence-corrected chi connectivity index (χ2v) is 8.25.